The van der Waals surface area contributed by atoms with Crippen molar-refractivity contribution in [1.29, 1.82) is 0 Å². The summed E-state index contributed by atoms with van der Waals surface area (Å²) in [6.45, 7) is 3.71. The Bertz CT molecular complexity index is 889. The number of rotatable bonds is 4. The van der Waals surface area contributed by atoms with E-state index in [-0.39, 0.29) is 22.6 Å². The highest BCUT2D eigenvalue weighted by molar-refractivity contribution is 7.90. The van der Waals surface area contributed by atoms with Gasteiger partial charge in [0.25, 0.3) is 15.9 Å². The van der Waals surface area contributed by atoms with Crippen molar-refractivity contribution in [3.63, 3.8) is 0 Å². The van der Waals surface area contributed by atoms with E-state index in [1.165, 1.54) is 17.4 Å². The Morgan fingerprint density at radius 1 is 1.33 bits per heavy atom. The van der Waals surface area contributed by atoms with E-state index < -0.39 is 16.1 Å². The van der Waals surface area contributed by atoms with E-state index in [2.05, 4.69) is 20.0 Å². The number of hydrogen-bond donors (Lipinski definition) is 2. The molecule has 7 nitrogen and oxygen atoms in total. The summed E-state index contributed by atoms with van der Waals surface area (Å²) in [5.74, 6) is -0.246. The average Bonchev–Trinajstić information content (AvgIpc) is 3.11. The van der Waals surface area contributed by atoms with Gasteiger partial charge in [-0.15, -0.1) is 11.3 Å². The van der Waals surface area contributed by atoms with E-state index in [0.29, 0.717) is 10.7 Å². The average molecular weight is 364 g/mol. The maximum Gasteiger partial charge on any atom is 0.263 e. The van der Waals surface area contributed by atoms with Crippen molar-refractivity contribution in [2.75, 3.05) is 5.32 Å². The molecule has 3 rings (SSSR count). The number of aromatic nitrogens is 1. The summed E-state index contributed by atoms with van der Waals surface area (Å²) >= 11 is 1.31. The largest absolute Gasteiger partial charge is 0.300 e. The van der Waals surface area contributed by atoms with Crippen LogP contribution in [0.25, 0.3) is 0 Å². The van der Waals surface area contributed by atoms with Gasteiger partial charge in [-0.25, -0.2) is 13.4 Å². The molecule has 0 radical (unpaired) electrons. The molecule has 1 aromatic heterocycles. The number of benzene rings is 1. The minimum Gasteiger partial charge on any atom is -0.300 e. The summed E-state index contributed by atoms with van der Waals surface area (Å²) in [5.41, 5.74) is 0.477. The lowest BCUT2D eigenvalue weighted by molar-refractivity contribution is -0.118. The minimum absolute atomic E-state index is 0.116. The monoisotopic (exact) mass is 364 g/mol. The molecule has 126 valence electrons. The van der Waals surface area contributed by atoms with E-state index >= 15 is 0 Å². The van der Waals surface area contributed by atoms with E-state index in [1.807, 2.05) is 13.8 Å². The number of fused-ring (bicyclic) bond motifs is 1. The molecule has 24 heavy (non-hydrogen) atoms. The molecule has 2 N–H and O–H groups in total. The van der Waals surface area contributed by atoms with Crippen molar-refractivity contribution >= 4 is 38.2 Å². The Labute approximate surface area is 143 Å². The second-order valence-electron chi connectivity index (χ2n) is 5.59. The Morgan fingerprint density at radius 2 is 2.08 bits per heavy atom. The van der Waals surface area contributed by atoms with Crippen LogP contribution in [0.5, 0.6) is 0 Å². The fourth-order valence-electron chi connectivity index (χ4n) is 2.34. The van der Waals surface area contributed by atoms with Crippen LogP contribution < -0.4 is 10.0 Å². The second-order valence-corrected chi connectivity index (χ2v) is 8.14. The molecule has 2 aromatic rings. The lowest BCUT2D eigenvalue weighted by Gasteiger charge is -2.16. The fourth-order valence-corrected chi connectivity index (χ4v) is 4.11. The molecule has 0 unspecified atom stereocenters. The zero-order valence-corrected chi connectivity index (χ0v) is 14.7. The van der Waals surface area contributed by atoms with Crippen LogP contribution in [-0.4, -0.2) is 31.2 Å². The zero-order chi connectivity index (χ0) is 17.3. The third-order valence-electron chi connectivity index (χ3n) is 3.49. The molecule has 1 aliphatic heterocycles. The summed E-state index contributed by atoms with van der Waals surface area (Å²) in [5, 5.41) is 4.95. The van der Waals surface area contributed by atoms with Crippen molar-refractivity contribution < 1.29 is 13.2 Å². The maximum atomic E-state index is 12.5. The van der Waals surface area contributed by atoms with Gasteiger partial charge >= 0.3 is 0 Å². The van der Waals surface area contributed by atoms with Crippen molar-refractivity contribution in [3.8, 4) is 0 Å². The van der Waals surface area contributed by atoms with E-state index in [4.69, 9.17) is 0 Å². The molecule has 0 saturated heterocycles. The molecule has 0 bridgehead atoms. The lowest BCUT2D eigenvalue weighted by Crippen LogP contribution is -2.34. The number of amidine groups is 1. The third kappa shape index (κ3) is 3.17. The van der Waals surface area contributed by atoms with Gasteiger partial charge in [-0.2, -0.15) is 0 Å². The Morgan fingerprint density at radius 3 is 2.75 bits per heavy atom. The fraction of sp³-hybridized carbons (Fsp3) is 0.267. The van der Waals surface area contributed by atoms with Gasteiger partial charge in [0.05, 0.1) is 4.90 Å². The zero-order valence-electron chi connectivity index (χ0n) is 13.1. The van der Waals surface area contributed by atoms with Crippen LogP contribution in [0.3, 0.4) is 0 Å². The molecule has 2 heterocycles. The third-order valence-corrected chi connectivity index (χ3v) is 5.58. The van der Waals surface area contributed by atoms with Crippen molar-refractivity contribution in [2.45, 2.75) is 24.8 Å². The molecule has 0 aliphatic carbocycles. The quantitative estimate of drug-likeness (QED) is 0.864. The van der Waals surface area contributed by atoms with E-state index in [9.17, 15) is 13.2 Å². The van der Waals surface area contributed by atoms with Crippen LogP contribution in [0.4, 0.5) is 5.13 Å². The van der Waals surface area contributed by atoms with Crippen LogP contribution >= 0.6 is 11.3 Å². The molecular formula is C15H16N4O3S2. The first kappa shape index (κ1) is 16.6. The highest BCUT2D eigenvalue weighted by Gasteiger charge is 2.32. The first-order chi connectivity index (χ1) is 11.4. The summed E-state index contributed by atoms with van der Waals surface area (Å²) in [6.07, 6.45) is 1.60. The number of sulfonamides is 1. The standard InChI is InChI=1S/C15H16N4O3S2/c1-9(2)12(14(20)18-15-16-7-8-23-15)17-13-10-5-3-4-6-11(10)24(21,22)19-13/h3-9,12H,1-2H3,(H,17,19)(H,16,18,20)/t12-/m0/s1. The predicted molar refractivity (Wildman–Crippen MR) is 92.7 cm³/mol. The Hall–Kier alpha value is -2.26. The number of nitrogens with zero attached hydrogens (tertiary/aromatic N) is 2. The molecule has 9 heteroatoms. The van der Waals surface area contributed by atoms with Gasteiger partial charge in [0.1, 0.15) is 11.9 Å². The number of aliphatic imine (C=N–C) groups is 1. The first-order valence-electron chi connectivity index (χ1n) is 7.29. The molecule has 1 aliphatic rings. The predicted octanol–water partition coefficient (Wildman–Crippen LogP) is 1.84. The SMILES string of the molecule is CC(C)[C@H](N=C1NS(=O)(=O)c2ccccc21)C(=O)Nc1nccs1. The smallest absolute Gasteiger partial charge is 0.263 e. The van der Waals surface area contributed by atoms with Crippen molar-refractivity contribution in [3.05, 3.63) is 41.4 Å². The molecular weight excluding hydrogens is 348 g/mol. The van der Waals surface area contributed by atoms with Gasteiger partial charge in [-0.1, -0.05) is 26.0 Å². The lowest BCUT2D eigenvalue weighted by atomic mass is 10.0. The van der Waals surface area contributed by atoms with Crippen LogP contribution in [0.1, 0.15) is 19.4 Å². The van der Waals surface area contributed by atoms with Gasteiger partial charge in [-0.05, 0) is 18.1 Å². The van der Waals surface area contributed by atoms with Gasteiger partial charge in [0, 0.05) is 17.1 Å². The van der Waals surface area contributed by atoms with E-state index in [0.717, 1.165) is 0 Å². The summed E-state index contributed by atoms with van der Waals surface area (Å²) in [4.78, 5) is 21.1. The molecule has 0 spiro atoms. The summed E-state index contributed by atoms with van der Waals surface area (Å²) in [7, 11) is -3.62. The number of anilines is 1. The second kappa shape index (κ2) is 6.33. The number of carbonyl (C=O) groups excluding carboxylic acids is 1. The Kier molecular flexibility index (Phi) is 4.37. The number of thiazole rings is 1. The van der Waals surface area contributed by atoms with Gasteiger partial charge < -0.3 is 5.32 Å². The first-order valence-corrected chi connectivity index (χ1v) is 9.65. The van der Waals surface area contributed by atoms with Gasteiger partial charge in [0.2, 0.25) is 0 Å². The van der Waals surface area contributed by atoms with Crippen molar-refractivity contribution in [1.82, 2.24) is 9.71 Å². The maximum absolute atomic E-state index is 12.5. The normalized spacial score (nSPS) is 18.2. The summed E-state index contributed by atoms with van der Waals surface area (Å²) in [6, 6.07) is 5.83. The van der Waals surface area contributed by atoms with Gasteiger partial charge in [-0.3, -0.25) is 14.5 Å². The molecule has 0 saturated carbocycles. The van der Waals surface area contributed by atoms with Crippen LogP contribution in [0.2, 0.25) is 0 Å². The number of carbonyl (C=O) groups is 1. The molecule has 1 atom stereocenters. The minimum atomic E-state index is -3.62. The highest BCUT2D eigenvalue weighted by Crippen LogP contribution is 2.24. The molecule has 1 amide bonds. The molecule has 1 aromatic carbocycles. The van der Waals surface area contributed by atoms with Crippen LogP contribution in [-0.2, 0) is 14.8 Å². The van der Waals surface area contributed by atoms with Gasteiger partial charge in [0.15, 0.2) is 5.13 Å². The Balaban J connectivity index is 1.94. The van der Waals surface area contributed by atoms with Crippen LogP contribution in [0, 0.1) is 5.92 Å². The summed E-state index contributed by atoms with van der Waals surface area (Å²) < 4.78 is 26.7. The highest BCUT2D eigenvalue weighted by atomic mass is 32.2. The number of amides is 1. The number of nitrogens with one attached hydrogen (secondary N) is 2. The molecule has 0 fully saturated rings. The van der Waals surface area contributed by atoms with Crippen LogP contribution in [0.15, 0.2) is 45.7 Å². The topological polar surface area (TPSA) is 101 Å². The van der Waals surface area contributed by atoms with E-state index in [1.54, 1.807) is 29.8 Å². The van der Waals surface area contributed by atoms with Crippen molar-refractivity contribution in [2.24, 2.45) is 10.9 Å². The number of hydrogen-bond acceptors (Lipinski definition) is 6.